The van der Waals surface area contributed by atoms with E-state index in [9.17, 15) is 9.59 Å². The van der Waals surface area contributed by atoms with Crippen molar-refractivity contribution in [2.24, 2.45) is 0 Å². The molecule has 0 unspecified atom stereocenters. The number of aromatic nitrogens is 3. The van der Waals surface area contributed by atoms with Crippen molar-refractivity contribution < 1.29 is 9.53 Å². The van der Waals surface area contributed by atoms with Crippen LogP contribution >= 0.6 is 11.6 Å². The number of carbonyl (C=O) groups excluding carboxylic acids is 1. The van der Waals surface area contributed by atoms with Gasteiger partial charge in [0.05, 0.1) is 6.54 Å². The van der Waals surface area contributed by atoms with Crippen molar-refractivity contribution in [1.82, 2.24) is 19.1 Å². The van der Waals surface area contributed by atoms with Crippen LogP contribution in [0.3, 0.4) is 0 Å². The van der Waals surface area contributed by atoms with E-state index < -0.39 is 0 Å². The molecule has 8 heteroatoms. The average Bonchev–Trinajstić information content (AvgIpc) is 2.93. The van der Waals surface area contributed by atoms with Gasteiger partial charge in [-0.05, 0) is 36.4 Å². The van der Waals surface area contributed by atoms with E-state index in [1.54, 1.807) is 55.7 Å². The third-order valence-corrected chi connectivity index (χ3v) is 3.96. The Hall–Kier alpha value is -2.80. The van der Waals surface area contributed by atoms with Crippen LogP contribution in [0.1, 0.15) is 0 Å². The smallest absolute Gasteiger partial charge is 0.350 e. The molecule has 3 aromatic rings. The Kier molecular flexibility index (Phi) is 5.04. The second kappa shape index (κ2) is 7.40. The minimum Gasteiger partial charge on any atom is -0.492 e. The lowest BCUT2D eigenvalue weighted by Crippen LogP contribution is -2.36. The van der Waals surface area contributed by atoms with Crippen LogP contribution in [0.2, 0.25) is 5.02 Å². The van der Waals surface area contributed by atoms with E-state index in [1.165, 1.54) is 9.30 Å². The van der Waals surface area contributed by atoms with Gasteiger partial charge in [-0.2, -0.15) is 0 Å². The lowest BCUT2D eigenvalue weighted by atomic mass is 10.3. The highest BCUT2D eigenvalue weighted by Crippen LogP contribution is 2.15. The lowest BCUT2D eigenvalue weighted by molar-refractivity contribution is -0.131. The van der Waals surface area contributed by atoms with Crippen molar-refractivity contribution >= 4 is 23.2 Å². The molecule has 1 amide bonds. The number of rotatable bonds is 6. The summed E-state index contributed by atoms with van der Waals surface area (Å²) < 4.78 is 8.12. The van der Waals surface area contributed by atoms with Crippen LogP contribution in [0, 0.1) is 0 Å². The number of likely N-dealkylation sites (N-methyl/N-ethyl adjacent to an activating group) is 1. The Bertz CT molecular complexity index is 933. The fourth-order valence-corrected chi connectivity index (χ4v) is 2.40. The van der Waals surface area contributed by atoms with Gasteiger partial charge in [0.25, 0.3) is 0 Å². The summed E-state index contributed by atoms with van der Waals surface area (Å²) in [4.78, 5) is 25.9. The number of carbonyl (C=O) groups is 1. The summed E-state index contributed by atoms with van der Waals surface area (Å²) in [5.41, 5.74) is 0.170. The van der Waals surface area contributed by atoms with Gasteiger partial charge in [0.15, 0.2) is 5.65 Å². The van der Waals surface area contributed by atoms with Crippen molar-refractivity contribution in [3.05, 3.63) is 64.2 Å². The first kappa shape index (κ1) is 17.0. The second-order valence-electron chi connectivity index (χ2n) is 5.49. The number of benzene rings is 1. The van der Waals surface area contributed by atoms with Gasteiger partial charge in [-0.25, -0.2) is 9.48 Å². The largest absolute Gasteiger partial charge is 0.492 e. The van der Waals surface area contributed by atoms with Crippen LogP contribution in [0.4, 0.5) is 0 Å². The monoisotopic (exact) mass is 360 g/mol. The van der Waals surface area contributed by atoms with Crippen molar-refractivity contribution in [2.45, 2.75) is 6.54 Å². The molecule has 0 aliphatic heterocycles. The van der Waals surface area contributed by atoms with Gasteiger partial charge < -0.3 is 9.64 Å². The number of hydrogen-bond donors (Lipinski definition) is 0. The summed E-state index contributed by atoms with van der Waals surface area (Å²) in [6.07, 6.45) is 1.62. The molecular weight excluding hydrogens is 344 g/mol. The molecule has 0 radical (unpaired) electrons. The van der Waals surface area contributed by atoms with Crippen molar-refractivity contribution in [2.75, 3.05) is 20.2 Å². The summed E-state index contributed by atoms with van der Waals surface area (Å²) in [6, 6.07) is 12.2. The van der Waals surface area contributed by atoms with E-state index in [0.717, 1.165) is 4.68 Å². The molecule has 0 spiro atoms. The van der Waals surface area contributed by atoms with Crippen LogP contribution in [-0.4, -0.2) is 45.2 Å². The molecule has 0 aliphatic rings. The summed E-state index contributed by atoms with van der Waals surface area (Å²) in [5.74, 6) is 0.465. The predicted molar refractivity (Wildman–Crippen MR) is 94.0 cm³/mol. The molecule has 0 N–H and O–H groups in total. The Morgan fingerprint density at radius 3 is 2.72 bits per heavy atom. The molecule has 3 rings (SSSR count). The van der Waals surface area contributed by atoms with Gasteiger partial charge in [0.1, 0.15) is 18.9 Å². The molecule has 2 aromatic heterocycles. The predicted octanol–water partition coefficient (Wildman–Crippen LogP) is 1.69. The Balaban J connectivity index is 1.56. The number of fused-ring (bicyclic) bond motifs is 1. The van der Waals surface area contributed by atoms with Gasteiger partial charge >= 0.3 is 5.69 Å². The molecule has 2 heterocycles. The standard InChI is InChI=1S/C17H17ClN4O3/c1-20(10-11-25-14-7-5-13(18)6-8-14)16(23)12-22-17(24)21-9-3-2-4-15(21)19-22/h2-9H,10-12H2,1H3. The Labute approximate surface area is 149 Å². The van der Waals surface area contributed by atoms with Crippen molar-refractivity contribution in [3.8, 4) is 5.75 Å². The molecule has 0 saturated heterocycles. The maximum Gasteiger partial charge on any atom is 0.350 e. The van der Waals surface area contributed by atoms with E-state index in [0.29, 0.717) is 29.6 Å². The van der Waals surface area contributed by atoms with Crippen molar-refractivity contribution in [3.63, 3.8) is 0 Å². The second-order valence-corrected chi connectivity index (χ2v) is 5.92. The SMILES string of the molecule is CN(CCOc1ccc(Cl)cc1)C(=O)Cn1nc2ccccn2c1=O. The first-order valence-electron chi connectivity index (χ1n) is 7.71. The van der Waals surface area contributed by atoms with Crippen LogP contribution in [-0.2, 0) is 11.3 Å². The van der Waals surface area contributed by atoms with Crippen LogP contribution in [0.25, 0.3) is 5.65 Å². The summed E-state index contributed by atoms with van der Waals surface area (Å²) in [5, 5.41) is 4.78. The van der Waals surface area contributed by atoms with E-state index in [-0.39, 0.29) is 18.1 Å². The van der Waals surface area contributed by atoms with Gasteiger partial charge in [-0.15, -0.1) is 5.10 Å². The molecule has 0 saturated carbocycles. The highest BCUT2D eigenvalue weighted by Gasteiger charge is 2.14. The highest BCUT2D eigenvalue weighted by atomic mass is 35.5. The van der Waals surface area contributed by atoms with E-state index in [4.69, 9.17) is 16.3 Å². The zero-order chi connectivity index (χ0) is 17.8. The number of hydrogen-bond acceptors (Lipinski definition) is 4. The quantitative estimate of drug-likeness (QED) is 0.670. The summed E-state index contributed by atoms with van der Waals surface area (Å²) in [6.45, 7) is 0.617. The average molecular weight is 361 g/mol. The van der Waals surface area contributed by atoms with E-state index in [1.807, 2.05) is 0 Å². The minimum absolute atomic E-state index is 0.113. The third-order valence-electron chi connectivity index (χ3n) is 3.71. The molecule has 25 heavy (non-hydrogen) atoms. The summed E-state index contributed by atoms with van der Waals surface area (Å²) >= 11 is 5.81. The first-order valence-corrected chi connectivity index (χ1v) is 8.09. The lowest BCUT2D eigenvalue weighted by Gasteiger charge is -2.17. The number of ether oxygens (including phenoxy) is 1. The van der Waals surface area contributed by atoms with E-state index in [2.05, 4.69) is 5.10 Å². The normalized spacial score (nSPS) is 10.8. The summed E-state index contributed by atoms with van der Waals surface area (Å²) in [7, 11) is 1.66. The minimum atomic E-state index is -0.338. The Morgan fingerprint density at radius 2 is 2.00 bits per heavy atom. The zero-order valence-electron chi connectivity index (χ0n) is 13.6. The number of pyridine rings is 1. The van der Waals surface area contributed by atoms with Gasteiger partial charge in [0.2, 0.25) is 5.91 Å². The molecule has 0 aliphatic carbocycles. The van der Waals surface area contributed by atoms with Crippen LogP contribution in [0.5, 0.6) is 5.75 Å². The maximum absolute atomic E-state index is 12.3. The maximum atomic E-state index is 12.3. The number of halogens is 1. The molecule has 1 aromatic carbocycles. The number of amides is 1. The van der Waals surface area contributed by atoms with Crippen LogP contribution < -0.4 is 10.4 Å². The number of nitrogens with zero attached hydrogens (tertiary/aromatic N) is 4. The molecule has 0 atom stereocenters. The molecular formula is C17H17ClN4O3. The Morgan fingerprint density at radius 1 is 1.24 bits per heavy atom. The third kappa shape index (κ3) is 4.00. The van der Waals surface area contributed by atoms with Crippen LogP contribution in [0.15, 0.2) is 53.5 Å². The molecule has 130 valence electrons. The van der Waals surface area contributed by atoms with Gasteiger partial charge in [-0.3, -0.25) is 9.20 Å². The van der Waals surface area contributed by atoms with Gasteiger partial charge in [0, 0.05) is 18.3 Å². The molecule has 0 bridgehead atoms. The van der Waals surface area contributed by atoms with Crippen molar-refractivity contribution in [1.29, 1.82) is 0 Å². The molecule has 0 fully saturated rings. The topological polar surface area (TPSA) is 68.8 Å². The van der Waals surface area contributed by atoms with Gasteiger partial charge in [-0.1, -0.05) is 17.7 Å². The van der Waals surface area contributed by atoms with E-state index >= 15 is 0 Å². The zero-order valence-corrected chi connectivity index (χ0v) is 14.4. The fourth-order valence-electron chi connectivity index (χ4n) is 2.28. The fraction of sp³-hybridized carbons (Fsp3) is 0.235. The molecule has 7 nitrogen and oxygen atoms in total. The highest BCUT2D eigenvalue weighted by molar-refractivity contribution is 6.30. The first-order chi connectivity index (χ1) is 12.0.